The molecule has 2 rings (SSSR count). The van der Waals surface area contributed by atoms with E-state index in [9.17, 15) is 26.0 Å². The molecule has 0 bridgehead atoms. The highest BCUT2D eigenvalue weighted by Crippen LogP contribution is 2.36. The molecule has 0 spiro atoms. The lowest BCUT2D eigenvalue weighted by molar-refractivity contribution is -0.139. The number of sulfonamides is 1. The van der Waals surface area contributed by atoms with Crippen LogP contribution in [0.1, 0.15) is 24.1 Å². The second-order valence-corrected chi connectivity index (χ2v) is 7.49. The Kier molecular flexibility index (Phi) is 5.84. The van der Waals surface area contributed by atoms with Crippen molar-refractivity contribution in [1.29, 1.82) is 0 Å². The predicted molar refractivity (Wildman–Crippen MR) is 88.1 cm³/mol. The Bertz CT molecular complexity index is 916. The van der Waals surface area contributed by atoms with Crippen molar-refractivity contribution >= 4 is 21.6 Å². The van der Waals surface area contributed by atoms with Crippen molar-refractivity contribution in [3.05, 3.63) is 58.4 Å². The maximum absolute atomic E-state index is 13.8. The fourth-order valence-electron chi connectivity index (χ4n) is 2.27. The largest absolute Gasteiger partial charge is 0.494 e. The summed E-state index contributed by atoms with van der Waals surface area (Å²) < 4.78 is 84.9. The number of ether oxygens (including phenoxy) is 1. The van der Waals surface area contributed by atoms with Gasteiger partial charge in [0, 0.05) is 11.1 Å². The van der Waals surface area contributed by atoms with Crippen LogP contribution < -0.4 is 9.46 Å². The fraction of sp³-hybridized carbons (Fsp3) is 0.250. The van der Waals surface area contributed by atoms with Crippen LogP contribution in [0.3, 0.4) is 0 Å². The molecule has 0 aromatic heterocycles. The van der Waals surface area contributed by atoms with E-state index < -0.39 is 38.5 Å². The summed E-state index contributed by atoms with van der Waals surface area (Å²) in [5.41, 5.74) is -1.17. The third-order valence-corrected chi connectivity index (χ3v) is 5.38. The van der Waals surface area contributed by atoms with E-state index in [1.807, 2.05) is 0 Å². The minimum atomic E-state index is -4.91. The first kappa shape index (κ1) is 20.5. The number of nitrogens with one attached hydrogen (secondary N) is 1. The maximum atomic E-state index is 13.8. The lowest BCUT2D eigenvalue weighted by Gasteiger charge is -2.18. The fourth-order valence-corrected chi connectivity index (χ4v) is 3.89. The van der Waals surface area contributed by atoms with E-state index >= 15 is 0 Å². The molecule has 0 aliphatic carbocycles. The molecule has 0 saturated carbocycles. The Hall–Kier alpha value is -1.84. The van der Waals surface area contributed by atoms with Gasteiger partial charge < -0.3 is 4.74 Å². The molecule has 4 nitrogen and oxygen atoms in total. The van der Waals surface area contributed by atoms with Crippen LogP contribution >= 0.6 is 11.6 Å². The Morgan fingerprint density at radius 3 is 2.35 bits per heavy atom. The monoisotopic (exact) mass is 411 g/mol. The topological polar surface area (TPSA) is 55.4 Å². The van der Waals surface area contributed by atoms with Crippen LogP contribution in [0.2, 0.25) is 5.02 Å². The van der Waals surface area contributed by atoms with Gasteiger partial charge in [-0.15, -0.1) is 0 Å². The number of rotatable bonds is 5. The van der Waals surface area contributed by atoms with E-state index in [2.05, 4.69) is 4.72 Å². The molecular formula is C16H14ClF4NO3S. The number of hydrogen-bond donors (Lipinski definition) is 1. The maximum Gasteiger partial charge on any atom is 0.417 e. The average molecular weight is 412 g/mol. The van der Waals surface area contributed by atoms with Gasteiger partial charge in [-0.3, -0.25) is 0 Å². The van der Waals surface area contributed by atoms with E-state index in [1.165, 1.54) is 26.2 Å². The number of halogens is 5. The minimum Gasteiger partial charge on any atom is -0.494 e. The molecular weight excluding hydrogens is 398 g/mol. The van der Waals surface area contributed by atoms with Crippen molar-refractivity contribution in [3.63, 3.8) is 0 Å². The van der Waals surface area contributed by atoms with Crippen LogP contribution in [0.25, 0.3) is 0 Å². The summed E-state index contributed by atoms with van der Waals surface area (Å²) in [5, 5.41) is -0.249. The highest BCUT2D eigenvalue weighted by molar-refractivity contribution is 7.89. The van der Waals surface area contributed by atoms with E-state index in [0.29, 0.717) is 6.07 Å². The zero-order valence-corrected chi connectivity index (χ0v) is 15.1. The molecule has 26 heavy (non-hydrogen) atoms. The van der Waals surface area contributed by atoms with Crippen LogP contribution in [0.5, 0.6) is 5.75 Å². The van der Waals surface area contributed by atoms with Crippen LogP contribution in [-0.4, -0.2) is 15.5 Å². The molecule has 0 saturated heterocycles. The normalized spacial score (nSPS) is 13.5. The Morgan fingerprint density at radius 1 is 1.15 bits per heavy atom. The van der Waals surface area contributed by atoms with E-state index in [-0.39, 0.29) is 16.3 Å². The van der Waals surface area contributed by atoms with Gasteiger partial charge in [-0.25, -0.2) is 17.5 Å². The summed E-state index contributed by atoms with van der Waals surface area (Å²) in [6, 6.07) is 5.10. The van der Waals surface area contributed by atoms with Gasteiger partial charge in [0.25, 0.3) is 0 Å². The minimum absolute atomic E-state index is 0.0409. The molecule has 0 aliphatic rings. The molecule has 0 fully saturated rings. The third kappa shape index (κ3) is 4.46. The van der Waals surface area contributed by atoms with Crippen molar-refractivity contribution in [2.75, 3.05) is 7.11 Å². The smallest absolute Gasteiger partial charge is 0.417 e. The highest BCUT2D eigenvalue weighted by Gasteiger charge is 2.37. The van der Waals surface area contributed by atoms with Crippen LogP contribution in [-0.2, 0) is 16.2 Å². The summed E-state index contributed by atoms with van der Waals surface area (Å²) >= 11 is 5.55. The lowest BCUT2D eigenvalue weighted by Crippen LogP contribution is -2.29. The second-order valence-electron chi connectivity index (χ2n) is 5.38. The summed E-state index contributed by atoms with van der Waals surface area (Å²) in [7, 11) is -3.28. The van der Waals surface area contributed by atoms with Gasteiger partial charge in [0.1, 0.15) is 0 Å². The standard InChI is InChI=1S/C16H14ClF4NO3S/c1-9(10-3-5-14(25-2)13(18)7-10)22-26(23,24)15-6-4-11(17)8-12(15)16(19,20)21/h3-9,22H,1-2H3. The zero-order chi connectivity index (χ0) is 19.7. The molecule has 2 aromatic rings. The predicted octanol–water partition coefficient (Wildman–Crippen LogP) is 4.55. The first-order valence-electron chi connectivity index (χ1n) is 7.18. The van der Waals surface area contributed by atoms with Gasteiger partial charge in [0.15, 0.2) is 11.6 Å². The van der Waals surface area contributed by atoms with Crippen molar-refractivity contribution in [2.24, 2.45) is 0 Å². The average Bonchev–Trinajstić information content (AvgIpc) is 2.53. The van der Waals surface area contributed by atoms with Gasteiger partial charge in [0.05, 0.1) is 17.6 Å². The van der Waals surface area contributed by atoms with Crippen molar-refractivity contribution in [1.82, 2.24) is 4.72 Å². The molecule has 2 aromatic carbocycles. The van der Waals surface area contributed by atoms with Crippen molar-refractivity contribution < 1.29 is 30.7 Å². The van der Waals surface area contributed by atoms with E-state index in [1.54, 1.807) is 0 Å². The molecule has 1 unspecified atom stereocenters. The van der Waals surface area contributed by atoms with E-state index in [4.69, 9.17) is 16.3 Å². The number of benzene rings is 2. The Labute approximate surface area is 152 Å². The van der Waals surface area contributed by atoms with Crippen LogP contribution in [0.4, 0.5) is 17.6 Å². The lowest BCUT2D eigenvalue weighted by atomic mass is 10.1. The summed E-state index contributed by atoms with van der Waals surface area (Å²) in [6.45, 7) is 1.38. The molecule has 1 N–H and O–H groups in total. The van der Waals surface area contributed by atoms with Gasteiger partial charge in [-0.2, -0.15) is 13.2 Å². The first-order chi connectivity index (χ1) is 12.0. The van der Waals surface area contributed by atoms with Crippen LogP contribution in [0, 0.1) is 5.82 Å². The molecule has 0 aliphatic heterocycles. The van der Waals surface area contributed by atoms with Gasteiger partial charge in [0.2, 0.25) is 10.0 Å². The van der Waals surface area contributed by atoms with Gasteiger partial charge in [-0.05, 0) is 42.8 Å². The summed E-state index contributed by atoms with van der Waals surface area (Å²) in [4.78, 5) is -0.963. The quantitative estimate of drug-likeness (QED) is 0.734. The molecule has 1 atom stereocenters. The number of alkyl halides is 3. The molecule has 0 radical (unpaired) electrons. The molecule has 10 heteroatoms. The number of methoxy groups -OCH3 is 1. The van der Waals surface area contributed by atoms with Crippen molar-refractivity contribution in [2.45, 2.75) is 24.0 Å². The van der Waals surface area contributed by atoms with Gasteiger partial charge >= 0.3 is 6.18 Å². The second kappa shape index (κ2) is 7.42. The molecule has 142 valence electrons. The first-order valence-corrected chi connectivity index (χ1v) is 9.04. The zero-order valence-electron chi connectivity index (χ0n) is 13.6. The summed E-state index contributed by atoms with van der Waals surface area (Å²) in [5.74, 6) is -0.764. The molecule has 0 amide bonds. The highest BCUT2D eigenvalue weighted by atomic mass is 35.5. The SMILES string of the molecule is COc1ccc(C(C)NS(=O)(=O)c2ccc(Cl)cc2C(F)(F)F)cc1F. The van der Waals surface area contributed by atoms with Crippen molar-refractivity contribution in [3.8, 4) is 5.75 Å². The van der Waals surface area contributed by atoms with Gasteiger partial charge in [-0.1, -0.05) is 17.7 Å². The Morgan fingerprint density at radius 2 is 1.81 bits per heavy atom. The van der Waals surface area contributed by atoms with Crippen LogP contribution in [0.15, 0.2) is 41.3 Å². The van der Waals surface area contributed by atoms with E-state index in [0.717, 1.165) is 18.2 Å². The number of hydrogen-bond acceptors (Lipinski definition) is 3. The third-order valence-electron chi connectivity index (χ3n) is 3.54. The molecule has 0 heterocycles. The summed E-state index contributed by atoms with van der Waals surface area (Å²) in [6.07, 6.45) is -4.91. The Balaban J connectivity index is 2.39.